The topological polar surface area (TPSA) is 77.4 Å². The molecule has 1 aromatic carbocycles. The van der Waals surface area contributed by atoms with Crippen molar-refractivity contribution >= 4 is 12.4 Å². The summed E-state index contributed by atoms with van der Waals surface area (Å²) in [5.74, 6) is 2.15. The van der Waals surface area contributed by atoms with E-state index in [1.54, 1.807) is 0 Å². The van der Waals surface area contributed by atoms with E-state index in [4.69, 9.17) is 15.0 Å². The van der Waals surface area contributed by atoms with Crippen molar-refractivity contribution in [2.75, 3.05) is 13.1 Å². The molecule has 0 atom stereocenters. The lowest BCUT2D eigenvalue weighted by molar-refractivity contribution is 0.0949. The predicted molar refractivity (Wildman–Crippen MR) is 84.8 cm³/mol. The lowest BCUT2D eigenvalue weighted by atomic mass is 10.1. The van der Waals surface area contributed by atoms with Gasteiger partial charge in [0.2, 0.25) is 5.89 Å². The van der Waals surface area contributed by atoms with Gasteiger partial charge in [0.05, 0.1) is 13.1 Å². The summed E-state index contributed by atoms with van der Waals surface area (Å²) in [6.45, 7) is 2.95. The molecule has 0 radical (unpaired) electrons. The fourth-order valence-electron chi connectivity index (χ4n) is 2.51. The Bertz CT molecular complexity index is 556. The summed E-state index contributed by atoms with van der Waals surface area (Å²) >= 11 is 0. The first-order valence-electron chi connectivity index (χ1n) is 7.29. The molecule has 1 saturated heterocycles. The Labute approximate surface area is 136 Å². The van der Waals surface area contributed by atoms with Gasteiger partial charge in [0.15, 0.2) is 5.82 Å². The Morgan fingerprint density at radius 3 is 2.59 bits per heavy atom. The molecule has 1 fully saturated rings. The minimum Gasteiger partial charge on any atom is -0.490 e. The summed E-state index contributed by atoms with van der Waals surface area (Å²) in [5.41, 5.74) is 5.46. The molecule has 1 aliphatic heterocycles. The van der Waals surface area contributed by atoms with Crippen LogP contribution in [0.4, 0.5) is 0 Å². The van der Waals surface area contributed by atoms with Gasteiger partial charge in [-0.3, -0.25) is 4.90 Å². The molecule has 2 heterocycles. The summed E-state index contributed by atoms with van der Waals surface area (Å²) in [5, 5.41) is 3.93. The van der Waals surface area contributed by atoms with E-state index >= 15 is 0 Å². The molecule has 6 nitrogen and oxygen atoms in total. The molecule has 1 aliphatic rings. The van der Waals surface area contributed by atoms with Gasteiger partial charge in [0.25, 0.3) is 0 Å². The van der Waals surface area contributed by atoms with Crippen molar-refractivity contribution in [3.8, 4) is 5.75 Å². The second kappa shape index (κ2) is 8.12. The molecular formula is C15H21ClN4O2. The number of nitrogens with zero attached hydrogens (tertiary/aromatic N) is 3. The normalized spacial score (nSPS) is 16.2. The van der Waals surface area contributed by atoms with E-state index in [0.29, 0.717) is 24.8 Å². The molecule has 3 rings (SSSR count). The number of para-hydroxylation sites is 1. The molecule has 0 bridgehead atoms. The van der Waals surface area contributed by atoms with E-state index < -0.39 is 0 Å². The summed E-state index contributed by atoms with van der Waals surface area (Å²) in [7, 11) is 0. The number of halogens is 1. The minimum atomic E-state index is 0. The van der Waals surface area contributed by atoms with Crippen molar-refractivity contribution < 1.29 is 9.26 Å². The molecule has 1 aromatic heterocycles. The van der Waals surface area contributed by atoms with Gasteiger partial charge in [-0.05, 0) is 25.0 Å². The highest BCUT2D eigenvalue weighted by Gasteiger charge is 2.21. The molecule has 0 amide bonds. The van der Waals surface area contributed by atoms with Crippen molar-refractivity contribution in [2.24, 2.45) is 5.73 Å². The van der Waals surface area contributed by atoms with Crippen molar-refractivity contribution in [1.82, 2.24) is 15.0 Å². The van der Waals surface area contributed by atoms with Crippen LogP contribution in [0.15, 0.2) is 34.9 Å². The van der Waals surface area contributed by atoms with Gasteiger partial charge in [-0.25, -0.2) is 0 Å². The van der Waals surface area contributed by atoms with Crippen molar-refractivity contribution in [1.29, 1.82) is 0 Å². The number of aromatic nitrogens is 2. The van der Waals surface area contributed by atoms with E-state index in [9.17, 15) is 0 Å². The average molecular weight is 325 g/mol. The molecule has 0 spiro atoms. The zero-order chi connectivity index (χ0) is 14.5. The maximum absolute atomic E-state index is 5.98. The van der Waals surface area contributed by atoms with E-state index in [1.165, 1.54) is 0 Å². The van der Waals surface area contributed by atoms with Gasteiger partial charge >= 0.3 is 0 Å². The predicted octanol–water partition coefficient (Wildman–Crippen LogP) is 1.99. The van der Waals surface area contributed by atoms with Crippen LogP contribution >= 0.6 is 12.4 Å². The third kappa shape index (κ3) is 4.43. The largest absolute Gasteiger partial charge is 0.490 e. The van der Waals surface area contributed by atoms with Crippen LogP contribution < -0.4 is 10.5 Å². The van der Waals surface area contributed by atoms with Crippen LogP contribution in [-0.4, -0.2) is 34.2 Å². The number of likely N-dealkylation sites (tertiary alicyclic amines) is 1. The first-order valence-corrected chi connectivity index (χ1v) is 7.29. The van der Waals surface area contributed by atoms with Gasteiger partial charge in [0, 0.05) is 13.1 Å². The lowest BCUT2D eigenvalue weighted by Gasteiger charge is -2.31. The van der Waals surface area contributed by atoms with E-state index in [2.05, 4.69) is 15.0 Å². The van der Waals surface area contributed by atoms with Crippen molar-refractivity contribution in [2.45, 2.75) is 32.0 Å². The van der Waals surface area contributed by atoms with Crippen molar-refractivity contribution in [3.63, 3.8) is 0 Å². The molecule has 0 saturated carbocycles. The standard InChI is InChI=1S/C15H20N4O2.ClH/c16-10-15-17-14(18-21-15)11-19-8-6-13(7-9-19)20-12-4-2-1-3-5-12;/h1-5,13H,6-11,16H2;1H. The Balaban J connectivity index is 0.00000176. The quantitative estimate of drug-likeness (QED) is 0.906. The highest BCUT2D eigenvalue weighted by molar-refractivity contribution is 5.85. The Kier molecular flexibility index (Phi) is 6.18. The average Bonchev–Trinajstić information content (AvgIpc) is 2.98. The van der Waals surface area contributed by atoms with E-state index in [0.717, 1.165) is 31.7 Å². The van der Waals surface area contributed by atoms with Gasteiger partial charge < -0.3 is 15.0 Å². The first-order chi connectivity index (χ1) is 10.3. The summed E-state index contributed by atoms with van der Waals surface area (Å²) in [4.78, 5) is 6.55. The maximum Gasteiger partial charge on any atom is 0.240 e. The smallest absolute Gasteiger partial charge is 0.240 e. The first kappa shape index (κ1) is 16.7. The van der Waals surface area contributed by atoms with Crippen LogP contribution in [0.5, 0.6) is 5.75 Å². The summed E-state index contributed by atoms with van der Waals surface area (Å²) in [6.07, 6.45) is 2.31. The Morgan fingerprint density at radius 2 is 1.95 bits per heavy atom. The number of ether oxygens (including phenoxy) is 1. The van der Waals surface area contributed by atoms with Crippen LogP contribution in [-0.2, 0) is 13.1 Å². The lowest BCUT2D eigenvalue weighted by Crippen LogP contribution is -2.38. The van der Waals surface area contributed by atoms with Crippen LogP contribution in [0.2, 0.25) is 0 Å². The molecule has 22 heavy (non-hydrogen) atoms. The van der Waals surface area contributed by atoms with Crippen LogP contribution in [0.3, 0.4) is 0 Å². The number of benzene rings is 1. The zero-order valence-electron chi connectivity index (χ0n) is 12.4. The molecule has 120 valence electrons. The molecule has 2 aromatic rings. The molecule has 0 aliphatic carbocycles. The molecular weight excluding hydrogens is 304 g/mol. The van der Waals surface area contributed by atoms with E-state index in [1.807, 2.05) is 30.3 Å². The van der Waals surface area contributed by atoms with Gasteiger partial charge in [0.1, 0.15) is 11.9 Å². The molecule has 2 N–H and O–H groups in total. The molecule has 0 unspecified atom stereocenters. The number of nitrogens with two attached hydrogens (primary N) is 1. The number of rotatable bonds is 5. The van der Waals surface area contributed by atoms with Crippen LogP contribution in [0, 0.1) is 0 Å². The zero-order valence-corrected chi connectivity index (χ0v) is 13.2. The van der Waals surface area contributed by atoms with Gasteiger partial charge in [-0.1, -0.05) is 23.4 Å². The highest BCUT2D eigenvalue weighted by atomic mass is 35.5. The second-order valence-electron chi connectivity index (χ2n) is 5.21. The summed E-state index contributed by atoms with van der Waals surface area (Å²) < 4.78 is 11.0. The van der Waals surface area contributed by atoms with Crippen molar-refractivity contribution in [3.05, 3.63) is 42.0 Å². The monoisotopic (exact) mass is 324 g/mol. The fourth-order valence-corrected chi connectivity index (χ4v) is 2.51. The number of hydrogen-bond donors (Lipinski definition) is 1. The SMILES string of the molecule is Cl.NCc1nc(CN2CCC(Oc3ccccc3)CC2)no1. The third-order valence-corrected chi connectivity index (χ3v) is 3.63. The second-order valence-corrected chi connectivity index (χ2v) is 5.21. The van der Waals surface area contributed by atoms with E-state index in [-0.39, 0.29) is 18.5 Å². The van der Waals surface area contributed by atoms with Gasteiger partial charge in [-0.15, -0.1) is 12.4 Å². The maximum atomic E-state index is 5.98. The van der Waals surface area contributed by atoms with Gasteiger partial charge in [-0.2, -0.15) is 4.98 Å². The van der Waals surface area contributed by atoms with Crippen LogP contribution in [0.25, 0.3) is 0 Å². The fraction of sp³-hybridized carbons (Fsp3) is 0.467. The minimum absolute atomic E-state index is 0. The number of hydrogen-bond acceptors (Lipinski definition) is 6. The third-order valence-electron chi connectivity index (χ3n) is 3.63. The Hall–Kier alpha value is -1.63. The highest BCUT2D eigenvalue weighted by Crippen LogP contribution is 2.19. The summed E-state index contributed by atoms with van der Waals surface area (Å²) in [6, 6.07) is 9.99. The molecule has 7 heteroatoms. The number of piperidine rings is 1. The van der Waals surface area contributed by atoms with Crippen LogP contribution in [0.1, 0.15) is 24.6 Å². The Morgan fingerprint density at radius 1 is 1.23 bits per heavy atom.